The molecule has 2 unspecified atom stereocenters. The summed E-state index contributed by atoms with van der Waals surface area (Å²) >= 11 is 0. The van der Waals surface area contributed by atoms with E-state index in [9.17, 15) is 8.42 Å². The topological polar surface area (TPSA) is 63.4 Å². The second-order valence-electron chi connectivity index (χ2n) is 5.08. The smallest absolute Gasteiger partial charge is 0.243 e. The Morgan fingerprint density at radius 3 is 2.63 bits per heavy atom. The highest BCUT2D eigenvalue weighted by molar-refractivity contribution is 7.89. The van der Waals surface area contributed by atoms with E-state index in [4.69, 9.17) is 5.73 Å². The molecule has 4 nitrogen and oxygen atoms in total. The van der Waals surface area contributed by atoms with Crippen LogP contribution in [0, 0.1) is 12.8 Å². The molecule has 0 aromatic heterocycles. The number of hydrogen-bond acceptors (Lipinski definition) is 3. The zero-order chi connectivity index (χ0) is 13.3. The van der Waals surface area contributed by atoms with E-state index >= 15 is 0 Å². The minimum absolute atomic E-state index is 0. The lowest BCUT2D eigenvalue weighted by Gasteiger charge is -2.21. The maximum atomic E-state index is 12.5. The first-order chi connectivity index (χ1) is 8.45. The predicted octanol–water partition coefficient (Wildman–Crippen LogP) is 1.77. The maximum Gasteiger partial charge on any atom is 0.243 e. The average Bonchev–Trinajstić information content (AvgIpc) is 2.71. The zero-order valence-corrected chi connectivity index (χ0v) is 12.9. The fraction of sp³-hybridized carbons (Fsp3) is 0.538. The third-order valence-electron chi connectivity index (χ3n) is 3.53. The van der Waals surface area contributed by atoms with Gasteiger partial charge in [0.1, 0.15) is 0 Å². The van der Waals surface area contributed by atoms with Crippen LogP contribution in [0.4, 0.5) is 0 Å². The van der Waals surface area contributed by atoms with Crippen molar-refractivity contribution < 1.29 is 8.42 Å². The first kappa shape index (κ1) is 16.4. The van der Waals surface area contributed by atoms with E-state index < -0.39 is 10.0 Å². The van der Waals surface area contributed by atoms with E-state index in [-0.39, 0.29) is 24.4 Å². The molecule has 6 heteroatoms. The van der Waals surface area contributed by atoms with Crippen LogP contribution in [-0.2, 0) is 10.0 Å². The van der Waals surface area contributed by atoms with Gasteiger partial charge in [-0.2, -0.15) is 4.31 Å². The van der Waals surface area contributed by atoms with Crippen LogP contribution in [0.25, 0.3) is 0 Å². The fourth-order valence-electron chi connectivity index (χ4n) is 2.53. The van der Waals surface area contributed by atoms with Crippen molar-refractivity contribution in [1.29, 1.82) is 0 Å². The molecular weight excluding hydrogens is 284 g/mol. The normalized spacial score (nSPS) is 24.2. The molecule has 1 aliphatic rings. The average molecular weight is 305 g/mol. The molecule has 0 radical (unpaired) electrons. The van der Waals surface area contributed by atoms with Crippen molar-refractivity contribution in [2.45, 2.75) is 31.2 Å². The molecule has 0 aliphatic carbocycles. The van der Waals surface area contributed by atoms with Gasteiger partial charge in [0, 0.05) is 12.6 Å². The number of rotatable bonds is 3. The number of nitrogens with zero attached hydrogens (tertiary/aromatic N) is 1. The molecule has 1 aromatic carbocycles. The first-order valence-electron chi connectivity index (χ1n) is 6.23. The van der Waals surface area contributed by atoms with E-state index in [1.54, 1.807) is 22.5 Å². The molecule has 2 atom stereocenters. The number of aryl methyl sites for hydroxylation is 1. The highest BCUT2D eigenvalue weighted by atomic mass is 35.5. The van der Waals surface area contributed by atoms with Gasteiger partial charge in [-0.15, -0.1) is 12.4 Å². The Kier molecular flexibility index (Phi) is 5.38. The van der Waals surface area contributed by atoms with E-state index in [1.165, 1.54) is 0 Å². The molecule has 0 saturated carbocycles. The Morgan fingerprint density at radius 1 is 1.42 bits per heavy atom. The second kappa shape index (κ2) is 6.22. The van der Waals surface area contributed by atoms with Gasteiger partial charge >= 0.3 is 0 Å². The molecule has 19 heavy (non-hydrogen) atoms. The summed E-state index contributed by atoms with van der Waals surface area (Å²) in [6.07, 6.45) is 0.849. The Bertz CT molecular complexity index is 533. The van der Waals surface area contributed by atoms with Crippen LogP contribution in [-0.4, -0.2) is 31.9 Å². The van der Waals surface area contributed by atoms with Crippen LogP contribution in [0.3, 0.4) is 0 Å². The maximum absolute atomic E-state index is 12.5. The lowest BCUT2D eigenvalue weighted by molar-refractivity contribution is 0.404. The molecular formula is C13H21ClN2O2S. The van der Waals surface area contributed by atoms with Crippen LogP contribution in [0.5, 0.6) is 0 Å². The van der Waals surface area contributed by atoms with Crippen LogP contribution in [0.15, 0.2) is 29.2 Å². The highest BCUT2D eigenvalue weighted by Gasteiger charge is 2.37. The van der Waals surface area contributed by atoms with E-state index in [0.29, 0.717) is 18.0 Å². The van der Waals surface area contributed by atoms with E-state index in [2.05, 4.69) is 0 Å². The summed E-state index contributed by atoms with van der Waals surface area (Å²) in [5, 5.41) is 0. The summed E-state index contributed by atoms with van der Waals surface area (Å²) in [5.41, 5.74) is 6.60. The van der Waals surface area contributed by atoms with E-state index in [0.717, 1.165) is 12.0 Å². The molecule has 1 heterocycles. The van der Waals surface area contributed by atoms with Gasteiger partial charge < -0.3 is 5.73 Å². The van der Waals surface area contributed by atoms with Gasteiger partial charge in [0.05, 0.1) is 4.90 Å². The molecule has 0 bridgehead atoms. The van der Waals surface area contributed by atoms with Crippen molar-refractivity contribution in [2.75, 3.05) is 13.1 Å². The third-order valence-corrected chi connectivity index (χ3v) is 5.51. The molecule has 1 aromatic rings. The Balaban J connectivity index is 0.00000180. The lowest BCUT2D eigenvalue weighted by atomic mass is 10.1. The first-order valence-corrected chi connectivity index (χ1v) is 7.67. The van der Waals surface area contributed by atoms with Gasteiger partial charge in [0.15, 0.2) is 0 Å². The summed E-state index contributed by atoms with van der Waals surface area (Å²) < 4.78 is 26.7. The molecule has 1 fully saturated rings. The molecule has 0 amide bonds. The summed E-state index contributed by atoms with van der Waals surface area (Å²) in [5.74, 6) is 0.277. The van der Waals surface area contributed by atoms with Crippen LogP contribution in [0.1, 0.15) is 18.9 Å². The van der Waals surface area contributed by atoms with Crippen molar-refractivity contribution in [1.82, 2.24) is 4.31 Å². The summed E-state index contributed by atoms with van der Waals surface area (Å²) in [6.45, 7) is 4.93. The van der Waals surface area contributed by atoms with Crippen LogP contribution in [0.2, 0.25) is 0 Å². The Hall–Kier alpha value is -0.620. The van der Waals surface area contributed by atoms with Gasteiger partial charge in [-0.05, 0) is 50.4 Å². The zero-order valence-electron chi connectivity index (χ0n) is 11.2. The van der Waals surface area contributed by atoms with Crippen molar-refractivity contribution in [3.8, 4) is 0 Å². The lowest BCUT2D eigenvalue weighted by Crippen LogP contribution is -2.34. The number of benzene rings is 1. The minimum atomic E-state index is -3.38. The quantitative estimate of drug-likeness (QED) is 0.926. The van der Waals surface area contributed by atoms with Crippen molar-refractivity contribution in [3.05, 3.63) is 29.8 Å². The summed E-state index contributed by atoms with van der Waals surface area (Å²) in [6, 6.07) is 7.09. The summed E-state index contributed by atoms with van der Waals surface area (Å²) in [7, 11) is -3.38. The second-order valence-corrected chi connectivity index (χ2v) is 6.97. The molecule has 0 spiro atoms. The van der Waals surface area contributed by atoms with E-state index in [1.807, 2.05) is 19.9 Å². The predicted molar refractivity (Wildman–Crippen MR) is 78.9 cm³/mol. The van der Waals surface area contributed by atoms with Gasteiger partial charge in [-0.25, -0.2) is 8.42 Å². The SMILES string of the molecule is Cc1cccc(S(=O)(=O)N2CC(CN)CC2C)c1.Cl. The Morgan fingerprint density at radius 2 is 2.11 bits per heavy atom. The molecule has 1 saturated heterocycles. The van der Waals surface area contributed by atoms with Gasteiger partial charge in [-0.1, -0.05) is 12.1 Å². The van der Waals surface area contributed by atoms with Crippen LogP contribution < -0.4 is 5.73 Å². The Labute approximate surface area is 121 Å². The van der Waals surface area contributed by atoms with Gasteiger partial charge in [0.2, 0.25) is 10.0 Å². The van der Waals surface area contributed by atoms with Crippen molar-refractivity contribution in [2.24, 2.45) is 11.7 Å². The molecule has 108 valence electrons. The number of hydrogen-bond donors (Lipinski definition) is 1. The molecule has 2 N–H and O–H groups in total. The van der Waals surface area contributed by atoms with Gasteiger partial charge in [-0.3, -0.25) is 0 Å². The van der Waals surface area contributed by atoms with Crippen molar-refractivity contribution >= 4 is 22.4 Å². The molecule has 2 rings (SSSR count). The number of sulfonamides is 1. The summed E-state index contributed by atoms with van der Waals surface area (Å²) in [4.78, 5) is 0.382. The third kappa shape index (κ3) is 3.28. The number of halogens is 1. The largest absolute Gasteiger partial charge is 0.330 e. The van der Waals surface area contributed by atoms with Crippen LogP contribution >= 0.6 is 12.4 Å². The van der Waals surface area contributed by atoms with Gasteiger partial charge in [0.25, 0.3) is 0 Å². The standard InChI is InChI=1S/C13H20N2O2S.ClH/c1-10-4-3-5-13(6-10)18(16,17)15-9-12(8-14)7-11(15)2;/h3-6,11-12H,7-9,14H2,1-2H3;1H. The number of nitrogens with two attached hydrogens (primary N) is 1. The molecule has 1 aliphatic heterocycles. The van der Waals surface area contributed by atoms with Crippen molar-refractivity contribution in [3.63, 3.8) is 0 Å². The fourth-order valence-corrected chi connectivity index (χ4v) is 4.35. The highest BCUT2D eigenvalue weighted by Crippen LogP contribution is 2.29. The monoisotopic (exact) mass is 304 g/mol. The minimum Gasteiger partial charge on any atom is -0.330 e.